The van der Waals surface area contributed by atoms with Gasteiger partial charge in [-0.25, -0.2) is 0 Å². The van der Waals surface area contributed by atoms with E-state index in [0.717, 1.165) is 5.92 Å². The van der Waals surface area contributed by atoms with Gasteiger partial charge in [0.2, 0.25) is 0 Å². The Morgan fingerprint density at radius 2 is 2.25 bits per heavy atom. The predicted octanol–water partition coefficient (Wildman–Crippen LogP) is 3.44. The molecule has 0 amide bonds. The summed E-state index contributed by atoms with van der Waals surface area (Å²) in [7, 11) is 0. The fourth-order valence-electron chi connectivity index (χ4n) is 2.60. The minimum absolute atomic E-state index is 0.840. The van der Waals surface area contributed by atoms with Crippen LogP contribution in [0.3, 0.4) is 0 Å². The van der Waals surface area contributed by atoms with Crippen LogP contribution in [0.4, 0.5) is 0 Å². The fraction of sp³-hybridized carbons (Fsp3) is 0.429. The number of nitrogens with one attached hydrogen (secondary N) is 1. The van der Waals surface area contributed by atoms with Crippen molar-refractivity contribution in [3.05, 3.63) is 35.2 Å². The van der Waals surface area contributed by atoms with E-state index in [-0.39, 0.29) is 0 Å². The van der Waals surface area contributed by atoms with Gasteiger partial charge in [0.1, 0.15) is 0 Å². The van der Waals surface area contributed by atoms with Crippen molar-refractivity contribution in [1.29, 1.82) is 0 Å². The average molecular weight is 231 g/mol. The molecule has 1 fully saturated rings. The third-order valence-electron chi connectivity index (χ3n) is 3.47. The summed E-state index contributed by atoms with van der Waals surface area (Å²) in [4.78, 5) is 0. The highest BCUT2D eigenvalue weighted by Crippen LogP contribution is 2.28. The predicted molar refractivity (Wildman–Crippen MR) is 71.1 cm³/mol. The van der Waals surface area contributed by atoms with Crippen LogP contribution in [0.15, 0.2) is 29.6 Å². The van der Waals surface area contributed by atoms with Crippen LogP contribution in [-0.4, -0.2) is 13.1 Å². The summed E-state index contributed by atoms with van der Waals surface area (Å²) >= 11 is 1.88. The van der Waals surface area contributed by atoms with E-state index in [1.165, 1.54) is 42.4 Å². The molecule has 16 heavy (non-hydrogen) atoms. The summed E-state index contributed by atoms with van der Waals surface area (Å²) in [5.74, 6) is 0.840. The van der Waals surface area contributed by atoms with Crippen LogP contribution in [0.1, 0.15) is 18.4 Å². The lowest BCUT2D eigenvalue weighted by Gasteiger charge is -2.22. The first-order chi connectivity index (χ1) is 7.93. The molecule has 1 aromatic heterocycles. The smallest absolute Gasteiger partial charge is 0.0345 e. The Morgan fingerprint density at radius 3 is 3.12 bits per heavy atom. The Morgan fingerprint density at radius 1 is 1.31 bits per heavy atom. The molecule has 0 spiro atoms. The van der Waals surface area contributed by atoms with E-state index in [1.54, 1.807) is 5.56 Å². The number of thiophene rings is 1. The molecule has 2 heteroatoms. The highest BCUT2D eigenvalue weighted by molar-refractivity contribution is 7.17. The summed E-state index contributed by atoms with van der Waals surface area (Å²) in [5, 5.41) is 7.32. The molecule has 1 aliphatic rings. The Balaban J connectivity index is 1.83. The zero-order chi connectivity index (χ0) is 10.8. The van der Waals surface area contributed by atoms with E-state index < -0.39 is 0 Å². The summed E-state index contributed by atoms with van der Waals surface area (Å²) in [6, 6.07) is 8.77. The highest BCUT2D eigenvalue weighted by Gasteiger charge is 2.15. The maximum absolute atomic E-state index is 3.50. The van der Waals surface area contributed by atoms with Crippen molar-refractivity contribution in [1.82, 2.24) is 5.32 Å². The Hall–Kier alpha value is -0.860. The summed E-state index contributed by atoms with van der Waals surface area (Å²) in [5.41, 5.74) is 1.55. The van der Waals surface area contributed by atoms with Crippen molar-refractivity contribution >= 4 is 21.4 Å². The lowest BCUT2D eigenvalue weighted by atomic mass is 9.92. The van der Waals surface area contributed by atoms with Crippen LogP contribution in [0, 0.1) is 5.92 Å². The molecule has 0 bridgehead atoms. The second-order valence-corrected chi connectivity index (χ2v) is 5.58. The minimum Gasteiger partial charge on any atom is -0.316 e. The van der Waals surface area contributed by atoms with Gasteiger partial charge in [-0.1, -0.05) is 18.2 Å². The number of hydrogen-bond donors (Lipinski definition) is 1. The molecule has 0 unspecified atom stereocenters. The molecule has 3 rings (SSSR count). The number of hydrogen-bond acceptors (Lipinski definition) is 2. The molecular formula is C14H17NS. The molecule has 1 atom stereocenters. The van der Waals surface area contributed by atoms with Gasteiger partial charge in [-0.15, -0.1) is 11.3 Å². The maximum Gasteiger partial charge on any atom is 0.0345 e. The van der Waals surface area contributed by atoms with Crippen molar-refractivity contribution in [3.63, 3.8) is 0 Å². The first-order valence-corrected chi connectivity index (χ1v) is 6.97. The van der Waals surface area contributed by atoms with E-state index in [1.807, 2.05) is 11.3 Å². The van der Waals surface area contributed by atoms with Crippen LogP contribution in [0.2, 0.25) is 0 Å². The van der Waals surface area contributed by atoms with Crippen LogP contribution in [-0.2, 0) is 6.42 Å². The number of fused-ring (bicyclic) bond motifs is 1. The van der Waals surface area contributed by atoms with Gasteiger partial charge >= 0.3 is 0 Å². The summed E-state index contributed by atoms with van der Waals surface area (Å²) in [6.45, 7) is 2.41. The van der Waals surface area contributed by atoms with E-state index >= 15 is 0 Å². The molecule has 1 saturated heterocycles. The zero-order valence-corrected chi connectivity index (χ0v) is 10.2. The monoisotopic (exact) mass is 231 g/mol. The standard InChI is InChI=1S/C14H17NS/c1-2-6-14-13(5-1)12(10-16-14)8-11-4-3-7-15-9-11/h1-2,5-6,10-11,15H,3-4,7-9H2/t11-/m0/s1. The third-order valence-corrected chi connectivity index (χ3v) is 4.48. The Labute approximate surface area is 100 Å². The van der Waals surface area contributed by atoms with Gasteiger partial charge in [0.15, 0.2) is 0 Å². The minimum atomic E-state index is 0.840. The Bertz CT molecular complexity index is 468. The fourth-order valence-corrected chi connectivity index (χ4v) is 3.58. The molecule has 2 aromatic rings. The second kappa shape index (κ2) is 4.56. The van der Waals surface area contributed by atoms with E-state index in [9.17, 15) is 0 Å². The largest absolute Gasteiger partial charge is 0.316 e. The van der Waals surface area contributed by atoms with Gasteiger partial charge in [0, 0.05) is 4.70 Å². The molecule has 2 heterocycles. The first-order valence-electron chi connectivity index (χ1n) is 6.09. The maximum atomic E-state index is 3.50. The second-order valence-electron chi connectivity index (χ2n) is 4.67. The lowest BCUT2D eigenvalue weighted by Crippen LogP contribution is -2.30. The van der Waals surface area contributed by atoms with Gasteiger partial charge in [0.05, 0.1) is 0 Å². The molecule has 1 N–H and O–H groups in total. The van der Waals surface area contributed by atoms with Crippen molar-refractivity contribution in [3.8, 4) is 0 Å². The lowest BCUT2D eigenvalue weighted by molar-refractivity contribution is 0.377. The van der Waals surface area contributed by atoms with Gasteiger partial charge in [0.25, 0.3) is 0 Å². The molecule has 1 aromatic carbocycles. The molecule has 1 aliphatic heterocycles. The van der Waals surface area contributed by atoms with Crippen molar-refractivity contribution in [2.45, 2.75) is 19.3 Å². The number of rotatable bonds is 2. The number of benzene rings is 1. The van der Waals surface area contributed by atoms with Gasteiger partial charge in [-0.2, -0.15) is 0 Å². The molecular weight excluding hydrogens is 214 g/mol. The summed E-state index contributed by atoms with van der Waals surface area (Å²) in [6.07, 6.45) is 3.97. The molecule has 84 valence electrons. The molecule has 1 nitrogen and oxygen atoms in total. The molecule has 0 saturated carbocycles. The third kappa shape index (κ3) is 2.00. The van der Waals surface area contributed by atoms with Crippen molar-refractivity contribution in [2.75, 3.05) is 13.1 Å². The normalized spacial score (nSPS) is 21.4. The average Bonchev–Trinajstić information content (AvgIpc) is 2.74. The van der Waals surface area contributed by atoms with Gasteiger partial charge in [-0.05, 0) is 60.7 Å². The van der Waals surface area contributed by atoms with Crippen molar-refractivity contribution in [2.24, 2.45) is 5.92 Å². The van der Waals surface area contributed by atoms with E-state index in [4.69, 9.17) is 0 Å². The topological polar surface area (TPSA) is 12.0 Å². The zero-order valence-electron chi connectivity index (χ0n) is 9.41. The SMILES string of the molecule is c1ccc2c(C[C@@H]3CCCNC3)csc2c1. The molecule has 0 aliphatic carbocycles. The highest BCUT2D eigenvalue weighted by atomic mass is 32.1. The van der Waals surface area contributed by atoms with Crippen LogP contribution >= 0.6 is 11.3 Å². The first kappa shape index (κ1) is 10.3. The summed E-state index contributed by atoms with van der Waals surface area (Å²) < 4.78 is 1.43. The van der Waals surface area contributed by atoms with E-state index in [2.05, 4.69) is 35.0 Å². The molecule has 0 radical (unpaired) electrons. The van der Waals surface area contributed by atoms with Gasteiger partial charge < -0.3 is 5.32 Å². The van der Waals surface area contributed by atoms with Crippen LogP contribution in [0.5, 0.6) is 0 Å². The van der Waals surface area contributed by atoms with Crippen LogP contribution < -0.4 is 5.32 Å². The van der Waals surface area contributed by atoms with Gasteiger partial charge in [-0.3, -0.25) is 0 Å². The van der Waals surface area contributed by atoms with Crippen LogP contribution in [0.25, 0.3) is 10.1 Å². The van der Waals surface area contributed by atoms with Crippen molar-refractivity contribution < 1.29 is 0 Å². The van der Waals surface area contributed by atoms with E-state index in [0.29, 0.717) is 0 Å². The Kier molecular flexibility index (Phi) is 2.94. The number of piperidine rings is 1. The quantitative estimate of drug-likeness (QED) is 0.835.